The lowest BCUT2D eigenvalue weighted by Crippen LogP contribution is -2.32. The van der Waals surface area contributed by atoms with Crippen molar-refractivity contribution in [1.29, 1.82) is 0 Å². The fraction of sp³-hybridized carbons (Fsp3) is 0.636. The molecule has 0 aliphatic carbocycles. The molecular weight excluding hydrogens is 192 g/mol. The van der Waals surface area contributed by atoms with E-state index in [-0.39, 0.29) is 17.9 Å². The third-order valence-corrected chi connectivity index (χ3v) is 2.32. The number of hydrogen-bond donors (Lipinski definition) is 1. The first-order chi connectivity index (χ1) is 7.04. The van der Waals surface area contributed by atoms with Crippen LogP contribution in [0.3, 0.4) is 0 Å². The van der Waals surface area contributed by atoms with Gasteiger partial charge in [-0.25, -0.2) is 0 Å². The summed E-state index contributed by atoms with van der Waals surface area (Å²) >= 11 is 0. The highest BCUT2D eigenvalue weighted by atomic mass is 16.5. The summed E-state index contributed by atoms with van der Waals surface area (Å²) in [7, 11) is 0. The van der Waals surface area contributed by atoms with Gasteiger partial charge >= 0.3 is 0 Å². The molecule has 15 heavy (non-hydrogen) atoms. The van der Waals surface area contributed by atoms with Gasteiger partial charge in [0.15, 0.2) is 5.69 Å². The van der Waals surface area contributed by atoms with Crippen LogP contribution < -0.4 is 5.32 Å². The van der Waals surface area contributed by atoms with Gasteiger partial charge in [-0.2, -0.15) is 0 Å². The predicted octanol–water partition coefficient (Wildman–Crippen LogP) is 2.33. The number of rotatable bonds is 4. The van der Waals surface area contributed by atoms with Gasteiger partial charge in [0.1, 0.15) is 5.76 Å². The molecule has 0 bridgehead atoms. The predicted molar refractivity (Wildman–Crippen MR) is 57.8 cm³/mol. The highest BCUT2D eigenvalue weighted by Crippen LogP contribution is 2.14. The van der Waals surface area contributed by atoms with Crippen LogP contribution in [0.2, 0.25) is 0 Å². The van der Waals surface area contributed by atoms with Gasteiger partial charge < -0.3 is 9.84 Å². The van der Waals surface area contributed by atoms with Crippen LogP contribution in [0.1, 0.15) is 56.3 Å². The van der Waals surface area contributed by atoms with Crippen LogP contribution in [0.5, 0.6) is 0 Å². The SMILES string of the molecule is CCC(C)NC(=O)c1cc(C(C)C)on1. The van der Waals surface area contributed by atoms with Crippen molar-refractivity contribution in [2.75, 3.05) is 0 Å². The lowest BCUT2D eigenvalue weighted by Gasteiger charge is -2.08. The number of aromatic nitrogens is 1. The monoisotopic (exact) mass is 210 g/mol. The average Bonchev–Trinajstić information content (AvgIpc) is 2.66. The summed E-state index contributed by atoms with van der Waals surface area (Å²) < 4.78 is 5.05. The normalized spacial score (nSPS) is 12.9. The number of nitrogens with one attached hydrogen (secondary N) is 1. The lowest BCUT2D eigenvalue weighted by molar-refractivity contribution is 0.0930. The second-order valence-corrected chi connectivity index (χ2v) is 4.05. The molecule has 1 rings (SSSR count). The first-order valence-corrected chi connectivity index (χ1v) is 5.32. The molecule has 4 heteroatoms. The van der Waals surface area contributed by atoms with Crippen LogP contribution in [-0.4, -0.2) is 17.1 Å². The average molecular weight is 210 g/mol. The Morgan fingerprint density at radius 1 is 1.53 bits per heavy atom. The van der Waals surface area contributed by atoms with Gasteiger partial charge in [0.05, 0.1) is 0 Å². The molecule has 0 saturated heterocycles. The topological polar surface area (TPSA) is 55.1 Å². The zero-order valence-corrected chi connectivity index (χ0v) is 9.70. The molecule has 0 spiro atoms. The van der Waals surface area contributed by atoms with Gasteiger partial charge in [-0.3, -0.25) is 4.79 Å². The maximum Gasteiger partial charge on any atom is 0.273 e. The minimum atomic E-state index is -0.167. The summed E-state index contributed by atoms with van der Waals surface area (Å²) in [6, 6.07) is 1.86. The van der Waals surface area contributed by atoms with Gasteiger partial charge in [0, 0.05) is 18.0 Å². The summed E-state index contributed by atoms with van der Waals surface area (Å²) in [6.45, 7) is 7.97. The lowest BCUT2D eigenvalue weighted by atomic mass is 10.1. The van der Waals surface area contributed by atoms with E-state index in [0.717, 1.165) is 12.2 Å². The number of carbonyl (C=O) groups excluding carboxylic acids is 1. The highest BCUT2D eigenvalue weighted by Gasteiger charge is 2.15. The molecule has 1 N–H and O–H groups in total. The Morgan fingerprint density at radius 2 is 2.20 bits per heavy atom. The molecule has 84 valence electrons. The van der Waals surface area contributed by atoms with E-state index in [9.17, 15) is 4.79 Å². The largest absolute Gasteiger partial charge is 0.360 e. The first kappa shape index (κ1) is 11.8. The Bertz CT molecular complexity index is 331. The Kier molecular flexibility index (Phi) is 3.88. The van der Waals surface area contributed by atoms with E-state index in [1.807, 2.05) is 27.7 Å². The van der Waals surface area contributed by atoms with Gasteiger partial charge in [-0.15, -0.1) is 0 Å². The van der Waals surface area contributed by atoms with Crippen molar-refractivity contribution in [3.05, 3.63) is 17.5 Å². The molecule has 4 nitrogen and oxygen atoms in total. The minimum Gasteiger partial charge on any atom is -0.360 e. The van der Waals surface area contributed by atoms with Crippen LogP contribution in [0.25, 0.3) is 0 Å². The molecule has 0 aliphatic heterocycles. The van der Waals surface area contributed by atoms with E-state index in [4.69, 9.17) is 4.52 Å². The zero-order chi connectivity index (χ0) is 11.4. The van der Waals surface area contributed by atoms with Crippen molar-refractivity contribution in [1.82, 2.24) is 10.5 Å². The molecule has 1 unspecified atom stereocenters. The summed E-state index contributed by atoms with van der Waals surface area (Å²) in [5, 5.41) is 6.57. The maximum atomic E-state index is 11.6. The van der Waals surface area contributed by atoms with Crippen LogP contribution in [-0.2, 0) is 0 Å². The minimum absolute atomic E-state index is 0.164. The van der Waals surface area contributed by atoms with Gasteiger partial charge in [-0.1, -0.05) is 25.9 Å². The number of nitrogens with zero attached hydrogens (tertiary/aromatic N) is 1. The van der Waals surface area contributed by atoms with Crippen LogP contribution >= 0.6 is 0 Å². The van der Waals surface area contributed by atoms with E-state index >= 15 is 0 Å². The first-order valence-electron chi connectivity index (χ1n) is 5.32. The highest BCUT2D eigenvalue weighted by molar-refractivity contribution is 5.92. The van der Waals surface area contributed by atoms with E-state index < -0.39 is 0 Å². The van der Waals surface area contributed by atoms with Gasteiger partial charge in [0.2, 0.25) is 0 Å². The molecule has 0 saturated carbocycles. The second-order valence-electron chi connectivity index (χ2n) is 4.05. The zero-order valence-electron chi connectivity index (χ0n) is 9.70. The Morgan fingerprint density at radius 3 is 2.67 bits per heavy atom. The molecule has 1 amide bonds. The van der Waals surface area contributed by atoms with Crippen molar-refractivity contribution in [3.8, 4) is 0 Å². The molecule has 0 aromatic carbocycles. The van der Waals surface area contributed by atoms with Crippen molar-refractivity contribution >= 4 is 5.91 Å². The summed E-state index contributed by atoms with van der Waals surface area (Å²) in [5.41, 5.74) is 0.360. The smallest absolute Gasteiger partial charge is 0.273 e. The number of carbonyl (C=O) groups is 1. The molecular formula is C11H18N2O2. The molecule has 1 aromatic rings. The summed E-state index contributed by atoms with van der Waals surface area (Å²) in [6.07, 6.45) is 0.903. The molecule has 0 fully saturated rings. The molecule has 0 aliphatic rings. The third kappa shape index (κ3) is 3.08. The van der Waals surface area contributed by atoms with Crippen molar-refractivity contribution in [3.63, 3.8) is 0 Å². The van der Waals surface area contributed by atoms with E-state index in [0.29, 0.717) is 5.69 Å². The van der Waals surface area contributed by atoms with Gasteiger partial charge in [-0.05, 0) is 13.3 Å². The molecule has 1 aromatic heterocycles. The summed E-state index contributed by atoms with van der Waals surface area (Å²) in [5.74, 6) is 0.826. The second kappa shape index (κ2) is 4.96. The van der Waals surface area contributed by atoms with Crippen LogP contribution in [0.4, 0.5) is 0 Å². The third-order valence-electron chi connectivity index (χ3n) is 2.32. The molecule has 1 atom stereocenters. The van der Waals surface area contributed by atoms with Gasteiger partial charge in [0.25, 0.3) is 5.91 Å². The standard InChI is InChI=1S/C11H18N2O2/c1-5-8(4)12-11(14)9-6-10(7(2)3)15-13-9/h6-8H,5H2,1-4H3,(H,12,14). The van der Waals surface area contributed by atoms with Crippen molar-refractivity contribution in [2.24, 2.45) is 0 Å². The Labute approximate surface area is 90.0 Å². The fourth-order valence-corrected chi connectivity index (χ4v) is 1.07. The summed E-state index contributed by atoms with van der Waals surface area (Å²) in [4.78, 5) is 11.6. The van der Waals surface area contributed by atoms with Crippen LogP contribution in [0, 0.1) is 0 Å². The maximum absolute atomic E-state index is 11.6. The van der Waals surface area contributed by atoms with Crippen molar-refractivity contribution in [2.45, 2.75) is 46.1 Å². The van der Waals surface area contributed by atoms with E-state index in [2.05, 4.69) is 10.5 Å². The fourth-order valence-electron chi connectivity index (χ4n) is 1.07. The number of hydrogen-bond acceptors (Lipinski definition) is 3. The molecule has 1 heterocycles. The number of amides is 1. The van der Waals surface area contributed by atoms with Crippen molar-refractivity contribution < 1.29 is 9.32 Å². The molecule has 0 radical (unpaired) electrons. The van der Waals surface area contributed by atoms with E-state index in [1.165, 1.54) is 0 Å². The van der Waals surface area contributed by atoms with Crippen LogP contribution in [0.15, 0.2) is 10.6 Å². The van der Waals surface area contributed by atoms with E-state index in [1.54, 1.807) is 6.07 Å². The quantitative estimate of drug-likeness (QED) is 0.829. The Balaban J connectivity index is 2.66. The Hall–Kier alpha value is -1.32.